The number of nitrogens with one attached hydrogen (secondary N) is 2. The minimum absolute atomic E-state index is 0.173. The molecule has 0 saturated carbocycles. The van der Waals surface area contributed by atoms with Crippen molar-refractivity contribution in [2.24, 2.45) is 4.40 Å². The highest BCUT2D eigenvalue weighted by Gasteiger charge is 2.28. The van der Waals surface area contributed by atoms with E-state index in [-0.39, 0.29) is 16.6 Å². The number of amidine groups is 1. The quantitative estimate of drug-likeness (QED) is 0.372. The Morgan fingerprint density at radius 2 is 1.61 bits per heavy atom. The molecule has 0 atom stereocenters. The summed E-state index contributed by atoms with van der Waals surface area (Å²) in [4.78, 5) is 13.1. The van der Waals surface area contributed by atoms with Gasteiger partial charge in [0.15, 0.2) is 5.84 Å². The Morgan fingerprint density at radius 1 is 0.889 bits per heavy atom. The molecule has 0 aliphatic carbocycles. The molecular weight excluding hydrogens is 474 g/mol. The zero-order chi connectivity index (χ0) is 25.1. The van der Waals surface area contributed by atoms with Gasteiger partial charge in [-0.3, -0.25) is 4.79 Å². The van der Waals surface area contributed by atoms with Crippen molar-refractivity contribution < 1.29 is 17.9 Å². The van der Waals surface area contributed by atoms with Crippen molar-refractivity contribution in [2.75, 3.05) is 10.6 Å². The predicted octanol–water partition coefficient (Wildman–Crippen LogP) is 5.39. The Balaban J connectivity index is 1.29. The lowest BCUT2D eigenvalue weighted by atomic mass is 10.1. The lowest BCUT2D eigenvalue weighted by Crippen LogP contribution is -2.14. The molecule has 1 aliphatic heterocycles. The van der Waals surface area contributed by atoms with Crippen molar-refractivity contribution in [1.82, 2.24) is 0 Å². The molecule has 0 saturated heterocycles. The molecule has 0 bridgehead atoms. The van der Waals surface area contributed by atoms with Crippen molar-refractivity contribution in [3.05, 3.63) is 119 Å². The number of carbonyl (C=O) groups excluding carboxylic acids is 1. The van der Waals surface area contributed by atoms with Crippen LogP contribution in [-0.2, 0) is 16.6 Å². The van der Waals surface area contributed by atoms with Gasteiger partial charge >= 0.3 is 0 Å². The van der Waals surface area contributed by atoms with Crippen molar-refractivity contribution in [3.63, 3.8) is 0 Å². The van der Waals surface area contributed by atoms with Crippen LogP contribution in [0.2, 0.25) is 0 Å². The molecule has 0 fully saturated rings. The van der Waals surface area contributed by atoms with Gasteiger partial charge in [0.05, 0.1) is 5.69 Å². The third kappa shape index (κ3) is 4.99. The monoisotopic (exact) mass is 497 g/mol. The Labute approximate surface area is 209 Å². The molecule has 0 unspecified atom stereocenters. The van der Waals surface area contributed by atoms with Crippen LogP contribution >= 0.6 is 0 Å². The zero-order valence-corrected chi connectivity index (χ0v) is 20.2. The maximum Gasteiger partial charge on any atom is 0.285 e. The summed E-state index contributed by atoms with van der Waals surface area (Å²) < 4.78 is 34.3. The second-order valence-electron chi connectivity index (χ2n) is 8.34. The molecule has 180 valence electrons. The van der Waals surface area contributed by atoms with Gasteiger partial charge in [-0.1, -0.05) is 48.5 Å². The van der Waals surface area contributed by atoms with Crippen molar-refractivity contribution >= 4 is 33.1 Å². The van der Waals surface area contributed by atoms with E-state index in [0.29, 0.717) is 34.9 Å². The number of hydrogen-bond donors (Lipinski definition) is 2. The van der Waals surface area contributed by atoms with Crippen LogP contribution in [0.1, 0.15) is 27.0 Å². The maximum absolute atomic E-state index is 12.9. The summed E-state index contributed by atoms with van der Waals surface area (Å²) in [6.07, 6.45) is 0. The molecule has 36 heavy (non-hydrogen) atoms. The molecule has 0 aromatic heterocycles. The minimum atomic E-state index is -3.71. The number of rotatable bonds is 6. The van der Waals surface area contributed by atoms with Gasteiger partial charge in [-0.25, -0.2) is 0 Å². The molecule has 1 heterocycles. The van der Waals surface area contributed by atoms with Crippen molar-refractivity contribution in [3.8, 4) is 5.75 Å². The molecule has 0 radical (unpaired) electrons. The van der Waals surface area contributed by atoms with Gasteiger partial charge in [-0.15, -0.1) is 4.40 Å². The number of carbonyl (C=O) groups is 1. The lowest BCUT2D eigenvalue weighted by molar-refractivity contribution is 0.102. The van der Waals surface area contributed by atoms with Crippen LogP contribution in [0.4, 0.5) is 11.4 Å². The highest BCUT2D eigenvalue weighted by Crippen LogP contribution is 2.28. The van der Waals surface area contributed by atoms with E-state index in [1.807, 2.05) is 55.5 Å². The van der Waals surface area contributed by atoms with Gasteiger partial charge in [-0.2, -0.15) is 8.42 Å². The first-order valence-corrected chi connectivity index (χ1v) is 12.7. The van der Waals surface area contributed by atoms with Crippen molar-refractivity contribution in [1.29, 1.82) is 0 Å². The Bertz CT molecular complexity index is 1560. The fourth-order valence-corrected chi connectivity index (χ4v) is 5.00. The molecule has 1 amide bonds. The fraction of sp³-hybridized carbons (Fsp3) is 0.0714. The average Bonchev–Trinajstić information content (AvgIpc) is 3.14. The van der Waals surface area contributed by atoms with Crippen LogP contribution in [0, 0.1) is 6.92 Å². The third-order valence-electron chi connectivity index (χ3n) is 5.66. The summed E-state index contributed by atoms with van der Waals surface area (Å²) in [5.74, 6) is 0.549. The maximum atomic E-state index is 12.9. The molecule has 7 nitrogen and oxygen atoms in total. The van der Waals surface area contributed by atoms with E-state index in [1.165, 1.54) is 6.07 Å². The van der Waals surface area contributed by atoms with E-state index in [0.717, 1.165) is 11.1 Å². The van der Waals surface area contributed by atoms with Gasteiger partial charge in [0.1, 0.15) is 17.3 Å². The number of anilines is 2. The van der Waals surface area contributed by atoms with Crippen LogP contribution in [0.25, 0.3) is 0 Å². The number of benzene rings is 4. The summed E-state index contributed by atoms with van der Waals surface area (Å²) in [5.41, 5.74) is 4.19. The highest BCUT2D eigenvalue weighted by molar-refractivity contribution is 7.90. The van der Waals surface area contributed by atoms with Gasteiger partial charge < -0.3 is 15.4 Å². The van der Waals surface area contributed by atoms with Crippen LogP contribution < -0.4 is 15.4 Å². The highest BCUT2D eigenvalue weighted by atomic mass is 32.2. The minimum Gasteiger partial charge on any atom is -0.487 e. The lowest BCUT2D eigenvalue weighted by Gasteiger charge is -2.14. The average molecular weight is 498 g/mol. The number of ether oxygens (including phenoxy) is 1. The summed E-state index contributed by atoms with van der Waals surface area (Å²) in [6, 6.07) is 28.8. The van der Waals surface area contributed by atoms with Crippen LogP contribution in [-0.4, -0.2) is 20.2 Å². The molecule has 8 heteroatoms. The number of sulfonamides is 1. The molecule has 2 N–H and O–H groups in total. The second kappa shape index (κ2) is 9.67. The number of fused-ring (bicyclic) bond motifs is 1. The number of aryl methyl sites for hydroxylation is 1. The molecular formula is C28H23N3O4S. The van der Waals surface area contributed by atoms with Gasteiger partial charge in [0, 0.05) is 16.8 Å². The molecule has 4 aromatic rings. The van der Waals surface area contributed by atoms with Gasteiger partial charge in [0.25, 0.3) is 15.9 Å². The Hall–Kier alpha value is -4.43. The fourth-order valence-electron chi connectivity index (χ4n) is 3.82. The topological polar surface area (TPSA) is 96.9 Å². The molecule has 5 rings (SSSR count). The first-order valence-electron chi connectivity index (χ1n) is 11.3. The SMILES string of the molecule is Cc1ccc(NC(=O)c2ccc(NC3=NS(=O)(=O)c4ccccc43)cc2)c(OCc2ccccc2)c1. The van der Waals surface area contributed by atoms with E-state index in [9.17, 15) is 13.2 Å². The zero-order valence-electron chi connectivity index (χ0n) is 19.4. The van der Waals surface area contributed by atoms with Crippen molar-refractivity contribution in [2.45, 2.75) is 18.4 Å². The van der Waals surface area contributed by atoms with E-state index in [1.54, 1.807) is 42.5 Å². The largest absolute Gasteiger partial charge is 0.487 e. The Kier molecular flexibility index (Phi) is 6.26. The van der Waals surface area contributed by atoms with Crippen LogP contribution in [0.15, 0.2) is 106 Å². The Morgan fingerprint density at radius 3 is 2.39 bits per heavy atom. The molecule has 1 aliphatic rings. The summed E-state index contributed by atoms with van der Waals surface area (Å²) in [6.45, 7) is 2.35. The number of hydrogen-bond acceptors (Lipinski definition) is 5. The summed E-state index contributed by atoms with van der Waals surface area (Å²) >= 11 is 0. The van der Waals surface area contributed by atoms with E-state index in [4.69, 9.17) is 4.74 Å². The third-order valence-corrected chi connectivity index (χ3v) is 7.00. The summed E-state index contributed by atoms with van der Waals surface area (Å²) in [5, 5.41) is 5.95. The predicted molar refractivity (Wildman–Crippen MR) is 140 cm³/mol. The smallest absolute Gasteiger partial charge is 0.285 e. The number of nitrogens with zero attached hydrogens (tertiary/aromatic N) is 1. The normalized spacial score (nSPS) is 13.4. The number of amides is 1. The first-order chi connectivity index (χ1) is 17.4. The van der Waals surface area contributed by atoms with Crippen LogP contribution in [0.5, 0.6) is 5.75 Å². The van der Waals surface area contributed by atoms with Gasteiger partial charge in [-0.05, 0) is 66.6 Å². The van der Waals surface area contributed by atoms with Crippen LogP contribution in [0.3, 0.4) is 0 Å². The van der Waals surface area contributed by atoms with E-state index in [2.05, 4.69) is 15.0 Å². The summed E-state index contributed by atoms with van der Waals surface area (Å²) in [7, 11) is -3.71. The molecule has 0 spiro atoms. The van der Waals surface area contributed by atoms with E-state index >= 15 is 0 Å². The molecule has 4 aromatic carbocycles. The van der Waals surface area contributed by atoms with Gasteiger partial charge in [0.2, 0.25) is 0 Å². The second-order valence-corrected chi connectivity index (χ2v) is 9.91. The van der Waals surface area contributed by atoms with E-state index < -0.39 is 10.0 Å². The standard InChI is InChI=1S/C28H23N3O4S/c1-19-11-16-24(25(17-19)35-18-20-7-3-2-4-8-20)30-28(32)21-12-14-22(15-13-21)29-27-23-9-5-6-10-26(23)36(33,34)31-27/h2-17H,18H2,1H3,(H,29,31)(H,30,32). The first kappa shape index (κ1) is 23.3.